The van der Waals surface area contributed by atoms with Gasteiger partial charge in [0, 0.05) is 37.3 Å². The van der Waals surface area contributed by atoms with Gasteiger partial charge in [0.25, 0.3) is 5.91 Å². The van der Waals surface area contributed by atoms with Gasteiger partial charge in [0.1, 0.15) is 0 Å². The van der Waals surface area contributed by atoms with E-state index in [0.29, 0.717) is 22.8 Å². The summed E-state index contributed by atoms with van der Waals surface area (Å²) in [4.78, 5) is 18.0. The highest BCUT2D eigenvalue weighted by molar-refractivity contribution is 7.89. The summed E-state index contributed by atoms with van der Waals surface area (Å²) in [5, 5.41) is 0. The molecule has 2 atom stereocenters. The molecule has 1 saturated heterocycles. The Morgan fingerprint density at radius 1 is 1.14 bits per heavy atom. The first-order valence-electron chi connectivity index (χ1n) is 11.4. The van der Waals surface area contributed by atoms with E-state index in [0.717, 1.165) is 10.2 Å². The van der Waals surface area contributed by atoms with Crippen molar-refractivity contribution >= 4 is 37.5 Å². The van der Waals surface area contributed by atoms with Crippen molar-refractivity contribution in [3.05, 3.63) is 59.4 Å². The van der Waals surface area contributed by atoms with Crippen LogP contribution in [0.1, 0.15) is 24.2 Å². The van der Waals surface area contributed by atoms with Gasteiger partial charge in [-0.25, -0.2) is 8.42 Å². The lowest BCUT2D eigenvalue weighted by Crippen LogP contribution is -2.48. The second kappa shape index (κ2) is 10.6. The molecular formula is C25H29N3O6S2. The summed E-state index contributed by atoms with van der Waals surface area (Å²) in [6.07, 6.45) is 1.35. The maximum Gasteiger partial charge on any atom is 0.279 e. The third-order valence-corrected chi connectivity index (χ3v) is 8.71. The Labute approximate surface area is 214 Å². The number of rotatable bonds is 7. The quantitative estimate of drug-likeness (QED) is 0.433. The Balaban J connectivity index is 1.67. The van der Waals surface area contributed by atoms with E-state index < -0.39 is 15.9 Å². The van der Waals surface area contributed by atoms with E-state index in [9.17, 15) is 13.2 Å². The molecule has 0 radical (unpaired) electrons. The Morgan fingerprint density at radius 2 is 1.75 bits per heavy atom. The molecule has 1 aromatic heterocycles. The van der Waals surface area contributed by atoms with Crippen molar-refractivity contribution < 1.29 is 27.4 Å². The summed E-state index contributed by atoms with van der Waals surface area (Å²) in [6, 6.07) is 9.55. The third-order valence-electron chi connectivity index (χ3n) is 5.82. The van der Waals surface area contributed by atoms with Crippen LogP contribution in [0.25, 0.3) is 10.2 Å². The number of benzene rings is 2. The van der Waals surface area contributed by atoms with Crippen molar-refractivity contribution in [1.29, 1.82) is 0 Å². The van der Waals surface area contributed by atoms with Gasteiger partial charge in [-0.05, 0) is 38.1 Å². The summed E-state index contributed by atoms with van der Waals surface area (Å²) in [7, 11) is -0.574. The largest absolute Gasteiger partial charge is 0.493 e. The average Bonchev–Trinajstić information content (AvgIpc) is 3.18. The fraction of sp³-hybridized carbons (Fsp3) is 0.360. The SMILES string of the molecule is C=CCn1c(=NC(=O)c2ccc(S(=O)(=O)N3C[C@H](C)O[C@@H](C)C3)cc2)sc2cc(OC)c(OC)cc21. The molecule has 192 valence electrons. The lowest BCUT2D eigenvalue weighted by molar-refractivity contribution is -0.0440. The number of ether oxygens (including phenoxy) is 3. The fourth-order valence-electron chi connectivity index (χ4n) is 4.18. The summed E-state index contributed by atoms with van der Waals surface area (Å²) < 4.78 is 46.8. The van der Waals surface area contributed by atoms with Crippen LogP contribution in [0.2, 0.25) is 0 Å². The van der Waals surface area contributed by atoms with Crippen LogP contribution in [0.4, 0.5) is 0 Å². The smallest absolute Gasteiger partial charge is 0.279 e. The van der Waals surface area contributed by atoms with Gasteiger partial charge >= 0.3 is 0 Å². The third kappa shape index (κ3) is 5.10. The molecule has 1 aliphatic heterocycles. The molecule has 0 aliphatic carbocycles. The average molecular weight is 532 g/mol. The molecule has 1 fully saturated rings. The number of hydrogen-bond acceptors (Lipinski definition) is 7. The summed E-state index contributed by atoms with van der Waals surface area (Å²) >= 11 is 1.34. The van der Waals surface area contributed by atoms with Crippen molar-refractivity contribution in [2.24, 2.45) is 4.99 Å². The number of morpholine rings is 1. The number of hydrogen-bond donors (Lipinski definition) is 0. The van der Waals surface area contributed by atoms with E-state index in [2.05, 4.69) is 11.6 Å². The molecule has 1 amide bonds. The highest BCUT2D eigenvalue weighted by atomic mass is 32.2. The van der Waals surface area contributed by atoms with Crippen LogP contribution in [-0.2, 0) is 21.3 Å². The summed E-state index contributed by atoms with van der Waals surface area (Å²) in [5.41, 5.74) is 1.12. The van der Waals surface area contributed by atoms with E-state index in [4.69, 9.17) is 14.2 Å². The number of carbonyl (C=O) groups excluding carboxylic acids is 1. The molecule has 11 heteroatoms. The molecule has 0 bridgehead atoms. The first-order valence-corrected chi connectivity index (χ1v) is 13.6. The molecule has 0 spiro atoms. The minimum Gasteiger partial charge on any atom is -0.493 e. The number of nitrogens with zero attached hydrogens (tertiary/aromatic N) is 3. The Morgan fingerprint density at radius 3 is 2.33 bits per heavy atom. The number of thiazole rings is 1. The molecule has 2 aromatic carbocycles. The zero-order valence-electron chi connectivity index (χ0n) is 20.6. The minimum absolute atomic E-state index is 0.128. The molecule has 0 saturated carbocycles. The van der Waals surface area contributed by atoms with Crippen LogP contribution in [0.3, 0.4) is 0 Å². The van der Waals surface area contributed by atoms with E-state index in [-0.39, 0.29) is 35.8 Å². The maximum atomic E-state index is 13.1. The van der Waals surface area contributed by atoms with Gasteiger partial charge in [-0.3, -0.25) is 4.79 Å². The predicted octanol–water partition coefficient (Wildman–Crippen LogP) is 3.45. The van der Waals surface area contributed by atoms with E-state index >= 15 is 0 Å². The Bertz CT molecular complexity index is 1450. The lowest BCUT2D eigenvalue weighted by atomic mass is 10.2. The molecule has 9 nitrogen and oxygen atoms in total. The van der Waals surface area contributed by atoms with Gasteiger partial charge in [0.2, 0.25) is 10.0 Å². The van der Waals surface area contributed by atoms with Gasteiger partial charge < -0.3 is 18.8 Å². The first-order chi connectivity index (χ1) is 17.2. The molecule has 2 heterocycles. The summed E-state index contributed by atoms with van der Waals surface area (Å²) in [6.45, 7) is 8.52. The van der Waals surface area contributed by atoms with Crippen molar-refractivity contribution in [3.63, 3.8) is 0 Å². The van der Waals surface area contributed by atoms with Crippen LogP contribution in [0.15, 0.2) is 58.9 Å². The van der Waals surface area contributed by atoms with Gasteiger partial charge in [-0.2, -0.15) is 9.30 Å². The van der Waals surface area contributed by atoms with Crippen molar-refractivity contribution in [2.75, 3.05) is 27.3 Å². The monoisotopic (exact) mass is 531 g/mol. The van der Waals surface area contributed by atoms with Crippen LogP contribution in [0, 0.1) is 0 Å². The van der Waals surface area contributed by atoms with Crippen LogP contribution in [-0.4, -0.2) is 62.7 Å². The number of allylic oxidation sites excluding steroid dienone is 1. The fourth-order valence-corrected chi connectivity index (χ4v) is 6.82. The number of aromatic nitrogens is 1. The van der Waals surface area contributed by atoms with Gasteiger partial charge in [-0.15, -0.1) is 6.58 Å². The van der Waals surface area contributed by atoms with Crippen molar-refractivity contribution in [2.45, 2.75) is 37.5 Å². The Kier molecular flexibility index (Phi) is 7.65. The standard InChI is InChI=1S/C25H29N3O6S2/c1-6-11-28-20-12-21(32-4)22(33-5)13-23(20)35-25(28)26-24(29)18-7-9-19(10-8-18)36(30,31)27-14-16(2)34-17(3)15-27/h6-10,12-13,16-17H,1,11,14-15H2,2-5H3/t16-,17-/m0/s1. The van der Waals surface area contributed by atoms with Crippen molar-refractivity contribution in [3.8, 4) is 11.5 Å². The number of methoxy groups -OCH3 is 2. The topological polar surface area (TPSA) is 99.4 Å². The molecule has 0 unspecified atom stereocenters. The first kappa shape index (κ1) is 26.1. The number of carbonyl (C=O) groups is 1. The van der Waals surface area contributed by atoms with E-state index in [1.807, 2.05) is 30.5 Å². The second-order valence-corrected chi connectivity index (χ2v) is 11.4. The lowest BCUT2D eigenvalue weighted by Gasteiger charge is -2.34. The normalized spacial score (nSPS) is 19.4. The molecule has 4 rings (SSSR count). The summed E-state index contributed by atoms with van der Waals surface area (Å²) in [5.74, 6) is 0.672. The Hall–Kier alpha value is -2.99. The molecule has 3 aromatic rings. The number of amides is 1. The van der Waals surface area contributed by atoms with Crippen LogP contribution in [0.5, 0.6) is 11.5 Å². The number of sulfonamides is 1. The van der Waals surface area contributed by atoms with Gasteiger partial charge in [0.15, 0.2) is 16.3 Å². The molecule has 1 aliphatic rings. The highest BCUT2D eigenvalue weighted by Crippen LogP contribution is 2.33. The molecule has 36 heavy (non-hydrogen) atoms. The maximum absolute atomic E-state index is 13.1. The van der Waals surface area contributed by atoms with Gasteiger partial charge in [-0.1, -0.05) is 17.4 Å². The van der Waals surface area contributed by atoms with Crippen LogP contribution >= 0.6 is 11.3 Å². The van der Waals surface area contributed by atoms with Crippen LogP contribution < -0.4 is 14.3 Å². The zero-order chi connectivity index (χ0) is 26.0. The van der Waals surface area contributed by atoms with E-state index in [1.54, 1.807) is 20.3 Å². The minimum atomic E-state index is -3.70. The van der Waals surface area contributed by atoms with Crippen molar-refractivity contribution in [1.82, 2.24) is 8.87 Å². The zero-order valence-corrected chi connectivity index (χ0v) is 22.3. The van der Waals surface area contributed by atoms with E-state index in [1.165, 1.54) is 39.9 Å². The number of fused-ring (bicyclic) bond motifs is 1. The second-order valence-electron chi connectivity index (χ2n) is 8.48. The molecular weight excluding hydrogens is 502 g/mol. The predicted molar refractivity (Wildman–Crippen MR) is 138 cm³/mol. The van der Waals surface area contributed by atoms with Gasteiger partial charge in [0.05, 0.1) is 41.5 Å². The highest BCUT2D eigenvalue weighted by Gasteiger charge is 2.32. The molecule has 0 N–H and O–H groups in total.